The maximum absolute atomic E-state index is 11.8. The van der Waals surface area contributed by atoms with Crippen LogP contribution in [0.1, 0.15) is 31.9 Å². The molecule has 5 nitrogen and oxygen atoms in total. The first-order valence-corrected chi connectivity index (χ1v) is 6.84. The zero-order valence-corrected chi connectivity index (χ0v) is 12.7. The second kappa shape index (κ2) is 8.43. The van der Waals surface area contributed by atoms with Gasteiger partial charge in [0.1, 0.15) is 11.5 Å². The Bertz CT molecular complexity index is 435. The van der Waals surface area contributed by atoms with Crippen molar-refractivity contribution in [3.63, 3.8) is 0 Å². The lowest BCUT2D eigenvalue weighted by atomic mass is 10.1. The zero-order chi connectivity index (χ0) is 15.0. The second-order valence-corrected chi connectivity index (χ2v) is 4.50. The van der Waals surface area contributed by atoms with Crippen LogP contribution in [0.5, 0.6) is 11.5 Å². The highest BCUT2D eigenvalue weighted by molar-refractivity contribution is 5.76. The molecule has 0 aliphatic carbocycles. The minimum Gasteiger partial charge on any atom is -0.497 e. The fourth-order valence-corrected chi connectivity index (χ4v) is 1.95. The lowest BCUT2D eigenvalue weighted by molar-refractivity contribution is -0.121. The van der Waals surface area contributed by atoms with E-state index in [0.717, 1.165) is 17.9 Å². The first-order chi connectivity index (χ1) is 9.62. The van der Waals surface area contributed by atoms with Crippen LogP contribution >= 0.6 is 0 Å². The predicted octanol–water partition coefficient (Wildman–Crippen LogP) is 1.88. The molecular formula is C15H24N2O3. The third kappa shape index (κ3) is 4.74. The molecule has 1 aromatic carbocycles. The smallest absolute Gasteiger partial charge is 0.221 e. The van der Waals surface area contributed by atoms with Gasteiger partial charge in [-0.25, -0.2) is 0 Å². The average Bonchev–Trinajstić information content (AvgIpc) is 2.46. The summed E-state index contributed by atoms with van der Waals surface area (Å²) in [6.45, 7) is 5.52. The van der Waals surface area contributed by atoms with Gasteiger partial charge in [0.2, 0.25) is 5.91 Å². The van der Waals surface area contributed by atoms with E-state index in [1.807, 2.05) is 32.0 Å². The summed E-state index contributed by atoms with van der Waals surface area (Å²) in [7, 11) is 3.22. The van der Waals surface area contributed by atoms with Crippen molar-refractivity contribution in [2.75, 3.05) is 27.3 Å². The summed E-state index contributed by atoms with van der Waals surface area (Å²) in [5, 5.41) is 6.10. The van der Waals surface area contributed by atoms with Gasteiger partial charge in [0.15, 0.2) is 0 Å². The number of carbonyl (C=O) groups excluding carboxylic acids is 1. The van der Waals surface area contributed by atoms with Gasteiger partial charge in [-0.2, -0.15) is 0 Å². The van der Waals surface area contributed by atoms with Crippen LogP contribution in [0.3, 0.4) is 0 Å². The van der Waals surface area contributed by atoms with Gasteiger partial charge in [-0.05, 0) is 25.6 Å². The van der Waals surface area contributed by atoms with Crippen LogP contribution in [0.15, 0.2) is 18.2 Å². The number of methoxy groups -OCH3 is 2. The summed E-state index contributed by atoms with van der Waals surface area (Å²) in [5.41, 5.74) is 0.935. The Kier molecular flexibility index (Phi) is 6.87. The SMILES string of the molecule is CCNCCC(=O)NC(C)c1ccc(OC)cc1OC. The molecule has 1 aromatic rings. The van der Waals surface area contributed by atoms with E-state index in [1.54, 1.807) is 14.2 Å². The number of ether oxygens (including phenoxy) is 2. The first-order valence-electron chi connectivity index (χ1n) is 6.84. The normalized spacial score (nSPS) is 11.8. The fraction of sp³-hybridized carbons (Fsp3) is 0.533. The predicted molar refractivity (Wildman–Crippen MR) is 79.3 cm³/mol. The number of rotatable bonds is 8. The van der Waals surface area contributed by atoms with Crippen molar-refractivity contribution in [1.29, 1.82) is 0 Å². The molecule has 0 bridgehead atoms. The van der Waals surface area contributed by atoms with Crippen LogP contribution in [0.4, 0.5) is 0 Å². The van der Waals surface area contributed by atoms with E-state index < -0.39 is 0 Å². The average molecular weight is 280 g/mol. The fourth-order valence-electron chi connectivity index (χ4n) is 1.95. The Balaban J connectivity index is 2.66. The standard InChI is InChI=1S/C15H24N2O3/c1-5-16-9-8-15(18)17-11(2)13-7-6-12(19-3)10-14(13)20-4/h6-7,10-11,16H,5,8-9H2,1-4H3,(H,17,18). The monoisotopic (exact) mass is 280 g/mol. The molecule has 1 atom stereocenters. The number of carbonyl (C=O) groups is 1. The van der Waals surface area contributed by atoms with Crippen molar-refractivity contribution in [1.82, 2.24) is 10.6 Å². The van der Waals surface area contributed by atoms with E-state index in [-0.39, 0.29) is 11.9 Å². The molecule has 0 radical (unpaired) electrons. The third-order valence-corrected chi connectivity index (χ3v) is 3.06. The second-order valence-electron chi connectivity index (χ2n) is 4.50. The molecule has 1 unspecified atom stereocenters. The van der Waals surface area contributed by atoms with Crippen molar-refractivity contribution in [3.8, 4) is 11.5 Å². The van der Waals surface area contributed by atoms with Crippen LogP contribution in [0.25, 0.3) is 0 Å². The van der Waals surface area contributed by atoms with Gasteiger partial charge < -0.3 is 20.1 Å². The summed E-state index contributed by atoms with van der Waals surface area (Å²) in [5.74, 6) is 1.47. The largest absolute Gasteiger partial charge is 0.497 e. The molecule has 5 heteroatoms. The Hall–Kier alpha value is -1.75. The van der Waals surface area contributed by atoms with Crippen molar-refractivity contribution < 1.29 is 14.3 Å². The maximum atomic E-state index is 11.8. The van der Waals surface area contributed by atoms with E-state index in [0.29, 0.717) is 18.7 Å². The van der Waals surface area contributed by atoms with Gasteiger partial charge in [-0.15, -0.1) is 0 Å². The topological polar surface area (TPSA) is 59.6 Å². The Morgan fingerprint density at radius 1 is 1.30 bits per heavy atom. The highest BCUT2D eigenvalue weighted by Gasteiger charge is 2.14. The molecule has 0 fully saturated rings. The molecule has 1 amide bonds. The number of nitrogens with one attached hydrogen (secondary N) is 2. The van der Waals surface area contributed by atoms with E-state index in [1.165, 1.54) is 0 Å². The molecule has 0 aliphatic rings. The molecule has 0 heterocycles. The van der Waals surface area contributed by atoms with Crippen LogP contribution in [-0.2, 0) is 4.79 Å². The molecule has 0 spiro atoms. The number of hydrogen-bond acceptors (Lipinski definition) is 4. The molecule has 0 saturated heterocycles. The number of hydrogen-bond donors (Lipinski definition) is 2. The van der Waals surface area contributed by atoms with Crippen molar-refractivity contribution in [3.05, 3.63) is 23.8 Å². The summed E-state index contributed by atoms with van der Waals surface area (Å²) in [6.07, 6.45) is 0.469. The van der Waals surface area contributed by atoms with Gasteiger partial charge in [0, 0.05) is 24.6 Å². The molecule has 0 aliphatic heterocycles. The summed E-state index contributed by atoms with van der Waals surface area (Å²) in [6, 6.07) is 5.48. The van der Waals surface area contributed by atoms with E-state index in [4.69, 9.17) is 9.47 Å². The highest BCUT2D eigenvalue weighted by Crippen LogP contribution is 2.29. The Morgan fingerprint density at radius 2 is 2.05 bits per heavy atom. The van der Waals surface area contributed by atoms with Crippen molar-refractivity contribution in [2.24, 2.45) is 0 Å². The maximum Gasteiger partial charge on any atom is 0.221 e. The van der Waals surface area contributed by atoms with E-state index in [2.05, 4.69) is 10.6 Å². The molecule has 0 aromatic heterocycles. The molecular weight excluding hydrogens is 256 g/mol. The molecule has 0 saturated carbocycles. The number of amides is 1. The Morgan fingerprint density at radius 3 is 2.65 bits per heavy atom. The van der Waals surface area contributed by atoms with Gasteiger partial charge >= 0.3 is 0 Å². The minimum atomic E-state index is -0.106. The van der Waals surface area contributed by atoms with E-state index in [9.17, 15) is 4.79 Å². The summed E-state index contributed by atoms with van der Waals surface area (Å²) >= 11 is 0. The number of benzene rings is 1. The van der Waals surface area contributed by atoms with E-state index >= 15 is 0 Å². The van der Waals surface area contributed by atoms with Crippen LogP contribution in [-0.4, -0.2) is 33.2 Å². The van der Waals surface area contributed by atoms with Crippen molar-refractivity contribution in [2.45, 2.75) is 26.3 Å². The van der Waals surface area contributed by atoms with Gasteiger partial charge in [0.05, 0.1) is 20.3 Å². The van der Waals surface area contributed by atoms with Crippen molar-refractivity contribution >= 4 is 5.91 Å². The quantitative estimate of drug-likeness (QED) is 0.714. The first kappa shape index (κ1) is 16.3. The summed E-state index contributed by atoms with van der Waals surface area (Å²) < 4.78 is 10.5. The minimum absolute atomic E-state index is 0.0244. The summed E-state index contributed by atoms with van der Waals surface area (Å²) in [4.78, 5) is 11.8. The van der Waals surface area contributed by atoms with Gasteiger partial charge in [0.25, 0.3) is 0 Å². The van der Waals surface area contributed by atoms with Crippen LogP contribution in [0, 0.1) is 0 Å². The van der Waals surface area contributed by atoms with Crippen LogP contribution in [0.2, 0.25) is 0 Å². The molecule has 2 N–H and O–H groups in total. The molecule has 112 valence electrons. The van der Waals surface area contributed by atoms with Crippen LogP contribution < -0.4 is 20.1 Å². The molecule has 20 heavy (non-hydrogen) atoms. The van der Waals surface area contributed by atoms with Gasteiger partial charge in [-0.1, -0.05) is 6.92 Å². The van der Waals surface area contributed by atoms with Gasteiger partial charge in [-0.3, -0.25) is 4.79 Å². The Labute approximate surface area is 120 Å². The lowest BCUT2D eigenvalue weighted by Crippen LogP contribution is -2.30. The highest BCUT2D eigenvalue weighted by atomic mass is 16.5. The molecule has 1 rings (SSSR count). The zero-order valence-electron chi connectivity index (χ0n) is 12.7. The third-order valence-electron chi connectivity index (χ3n) is 3.06. The lowest BCUT2D eigenvalue weighted by Gasteiger charge is -2.18.